The molecule has 5 nitrogen and oxygen atoms in total. The third-order valence-electron chi connectivity index (χ3n) is 6.95. The Morgan fingerprint density at radius 1 is 1.16 bits per heavy atom. The lowest BCUT2D eigenvalue weighted by Gasteiger charge is -2.58. The Bertz CT molecular complexity index is 974. The average Bonchev–Trinajstić information content (AvgIpc) is 2.71. The third-order valence-corrected chi connectivity index (χ3v) is 6.95. The number of halogens is 2. The summed E-state index contributed by atoms with van der Waals surface area (Å²) < 4.78 is 33.2. The lowest BCUT2D eigenvalue weighted by Crippen LogP contribution is -2.70. The van der Waals surface area contributed by atoms with Gasteiger partial charge in [0.1, 0.15) is 17.4 Å². The topological polar surface area (TPSA) is 53.0 Å². The maximum atomic E-state index is 14.0. The number of carboxylic acid groups (broad SMARTS) is 1. The minimum absolute atomic E-state index is 0.147. The summed E-state index contributed by atoms with van der Waals surface area (Å²) in [6, 6.07) is 10.1. The van der Waals surface area contributed by atoms with E-state index < -0.39 is 17.4 Å². The fraction of sp³-hybridized carbons (Fsp3) is 0.480. The standard InChI is InChI=1S/C25H32F2N2O3/c1-16-14-29(23(30)31)25(5,24(2,3)4)15-28(16)22(17-7-9-18(26)10-8-17)20-12-11-19(27)13-21(20)32-6/h7-13,16,22H,14-15H2,1-6H3,(H,30,31)/t16-,22?,25-/m1/s1. The second-order valence-electron chi connectivity index (χ2n) is 9.78. The second kappa shape index (κ2) is 8.70. The van der Waals surface area contributed by atoms with Crippen LogP contribution in [0.3, 0.4) is 0 Å². The van der Waals surface area contributed by atoms with Crippen LogP contribution in [0.15, 0.2) is 42.5 Å². The fourth-order valence-corrected chi connectivity index (χ4v) is 4.55. The van der Waals surface area contributed by atoms with E-state index in [4.69, 9.17) is 4.74 Å². The normalized spacial score (nSPS) is 23.1. The van der Waals surface area contributed by atoms with Gasteiger partial charge in [-0.1, -0.05) is 39.0 Å². The summed E-state index contributed by atoms with van der Waals surface area (Å²) >= 11 is 0. The van der Waals surface area contributed by atoms with Gasteiger partial charge in [-0.15, -0.1) is 0 Å². The predicted molar refractivity (Wildman–Crippen MR) is 120 cm³/mol. The molecule has 32 heavy (non-hydrogen) atoms. The van der Waals surface area contributed by atoms with Gasteiger partial charge in [-0.25, -0.2) is 13.6 Å². The number of methoxy groups -OCH3 is 1. The molecule has 1 amide bonds. The molecule has 1 fully saturated rings. The highest BCUT2D eigenvalue weighted by molar-refractivity contribution is 5.67. The Morgan fingerprint density at radius 2 is 1.75 bits per heavy atom. The molecule has 3 rings (SSSR count). The number of nitrogens with zero attached hydrogens (tertiary/aromatic N) is 2. The van der Waals surface area contributed by atoms with Gasteiger partial charge in [0.15, 0.2) is 0 Å². The van der Waals surface area contributed by atoms with Crippen LogP contribution in [-0.2, 0) is 0 Å². The van der Waals surface area contributed by atoms with Crippen LogP contribution in [0.5, 0.6) is 5.75 Å². The molecule has 1 aliphatic heterocycles. The molecule has 0 saturated carbocycles. The molecule has 1 N–H and O–H groups in total. The fourth-order valence-electron chi connectivity index (χ4n) is 4.55. The van der Waals surface area contributed by atoms with Gasteiger partial charge in [-0.05, 0) is 43.0 Å². The highest BCUT2D eigenvalue weighted by Crippen LogP contribution is 2.45. The smallest absolute Gasteiger partial charge is 0.407 e. The van der Waals surface area contributed by atoms with Crippen molar-refractivity contribution in [3.63, 3.8) is 0 Å². The Balaban J connectivity index is 2.18. The van der Waals surface area contributed by atoms with Crippen LogP contribution in [0.25, 0.3) is 0 Å². The van der Waals surface area contributed by atoms with Gasteiger partial charge >= 0.3 is 6.09 Å². The Hall–Kier alpha value is -2.67. The zero-order valence-corrected chi connectivity index (χ0v) is 19.5. The Labute approximate surface area is 188 Å². The van der Waals surface area contributed by atoms with Crippen molar-refractivity contribution in [3.8, 4) is 5.75 Å². The van der Waals surface area contributed by atoms with Crippen molar-refractivity contribution in [2.75, 3.05) is 20.2 Å². The number of benzene rings is 2. The Morgan fingerprint density at radius 3 is 2.28 bits per heavy atom. The van der Waals surface area contributed by atoms with E-state index >= 15 is 0 Å². The highest BCUT2D eigenvalue weighted by atomic mass is 19.1. The number of rotatable bonds is 4. The lowest BCUT2D eigenvalue weighted by molar-refractivity contribution is -0.0735. The molecule has 2 aromatic rings. The van der Waals surface area contributed by atoms with E-state index in [1.165, 1.54) is 36.3 Å². The maximum absolute atomic E-state index is 14.0. The third kappa shape index (κ3) is 4.31. The molecule has 2 aromatic carbocycles. The number of amides is 1. The average molecular weight is 447 g/mol. The first-order chi connectivity index (χ1) is 14.9. The number of carbonyl (C=O) groups is 1. The van der Waals surface area contributed by atoms with Crippen molar-refractivity contribution >= 4 is 6.09 Å². The highest BCUT2D eigenvalue weighted by Gasteiger charge is 2.51. The minimum atomic E-state index is -0.952. The number of hydrogen-bond donors (Lipinski definition) is 1. The van der Waals surface area contributed by atoms with Gasteiger partial charge in [0.2, 0.25) is 0 Å². The summed E-state index contributed by atoms with van der Waals surface area (Å²) in [5.41, 5.74) is 0.511. The number of hydrogen-bond acceptors (Lipinski definition) is 3. The molecule has 1 unspecified atom stereocenters. The molecule has 7 heteroatoms. The van der Waals surface area contributed by atoms with Crippen molar-refractivity contribution < 1.29 is 23.4 Å². The van der Waals surface area contributed by atoms with Crippen molar-refractivity contribution in [2.24, 2.45) is 5.41 Å². The molecule has 0 aromatic heterocycles. The summed E-state index contributed by atoms with van der Waals surface area (Å²) in [5.74, 6) is -0.363. The zero-order valence-electron chi connectivity index (χ0n) is 19.5. The van der Waals surface area contributed by atoms with Crippen molar-refractivity contribution in [3.05, 3.63) is 65.2 Å². The van der Waals surface area contributed by atoms with E-state index in [9.17, 15) is 18.7 Å². The van der Waals surface area contributed by atoms with Gasteiger partial charge < -0.3 is 9.84 Å². The summed E-state index contributed by atoms with van der Waals surface area (Å²) in [6.45, 7) is 10.8. The largest absolute Gasteiger partial charge is 0.496 e. The SMILES string of the molecule is COc1cc(F)ccc1C(c1ccc(F)cc1)N1C[C@](C)(C(C)(C)C)N(C(=O)O)C[C@H]1C. The van der Waals surface area contributed by atoms with Gasteiger partial charge in [-0.3, -0.25) is 9.80 Å². The number of ether oxygens (including phenoxy) is 1. The quantitative estimate of drug-likeness (QED) is 0.669. The molecule has 3 atom stereocenters. The van der Waals surface area contributed by atoms with Gasteiger partial charge in [0, 0.05) is 30.8 Å². The van der Waals surface area contributed by atoms with E-state index in [1.54, 1.807) is 18.2 Å². The van der Waals surface area contributed by atoms with Gasteiger partial charge in [0.25, 0.3) is 0 Å². The van der Waals surface area contributed by atoms with E-state index in [2.05, 4.69) is 4.90 Å². The van der Waals surface area contributed by atoms with E-state index in [-0.39, 0.29) is 23.3 Å². The predicted octanol–water partition coefficient (Wildman–Crippen LogP) is 5.55. The maximum Gasteiger partial charge on any atom is 0.407 e. The van der Waals surface area contributed by atoms with Crippen molar-refractivity contribution in [1.29, 1.82) is 0 Å². The molecule has 0 bridgehead atoms. The minimum Gasteiger partial charge on any atom is -0.496 e. The zero-order chi connectivity index (χ0) is 23.8. The van der Waals surface area contributed by atoms with Gasteiger partial charge in [-0.2, -0.15) is 0 Å². The van der Waals surface area contributed by atoms with Crippen LogP contribution in [0.4, 0.5) is 13.6 Å². The van der Waals surface area contributed by atoms with E-state index in [1.807, 2.05) is 34.6 Å². The number of piperazine rings is 1. The molecule has 0 aliphatic carbocycles. The van der Waals surface area contributed by atoms with Gasteiger partial charge in [0.05, 0.1) is 18.7 Å². The van der Waals surface area contributed by atoms with Crippen molar-refractivity contribution in [1.82, 2.24) is 9.80 Å². The van der Waals surface area contributed by atoms with Crippen LogP contribution in [0, 0.1) is 17.0 Å². The first-order valence-electron chi connectivity index (χ1n) is 10.7. The molecule has 174 valence electrons. The van der Waals surface area contributed by atoms with Crippen LogP contribution < -0.4 is 4.74 Å². The Kier molecular flexibility index (Phi) is 6.52. The lowest BCUT2D eigenvalue weighted by atomic mass is 9.71. The van der Waals surface area contributed by atoms with E-state index in [0.717, 1.165) is 11.1 Å². The molecule has 1 aliphatic rings. The molecule has 0 radical (unpaired) electrons. The molecular formula is C25H32F2N2O3. The second-order valence-corrected chi connectivity index (χ2v) is 9.78. The molecule has 0 spiro atoms. The summed E-state index contributed by atoms with van der Waals surface area (Å²) in [6.07, 6.45) is -0.952. The monoisotopic (exact) mass is 446 g/mol. The molecule has 1 saturated heterocycles. The van der Waals surface area contributed by atoms with Crippen LogP contribution in [-0.4, -0.2) is 52.8 Å². The summed E-state index contributed by atoms with van der Waals surface area (Å²) in [5, 5.41) is 9.96. The first kappa shape index (κ1) is 24.0. The van der Waals surface area contributed by atoms with E-state index in [0.29, 0.717) is 18.8 Å². The molecular weight excluding hydrogens is 414 g/mol. The molecule has 1 heterocycles. The van der Waals surface area contributed by atoms with Crippen LogP contribution in [0.1, 0.15) is 51.8 Å². The van der Waals surface area contributed by atoms with Crippen LogP contribution >= 0.6 is 0 Å². The first-order valence-corrected chi connectivity index (χ1v) is 10.7. The van der Waals surface area contributed by atoms with Crippen LogP contribution in [0.2, 0.25) is 0 Å². The van der Waals surface area contributed by atoms with Crippen molar-refractivity contribution in [2.45, 2.75) is 52.2 Å². The summed E-state index contributed by atoms with van der Waals surface area (Å²) in [4.78, 5) is 15.9. The summed E-state index contributed by atoms with van der Waals surface area (Å²) in [7, 11) is 1.49.